The van der Waals surface area contributed by atoms with Gasteiger partial charge in [-0.15, -0.1) is 0 Å². The molecule has 2 amide bonds. The lowest BCUT2D eigenvalue weighted by atomic mass is 10.1. The Kier molecular flexibility index (Phi) is 9.67. The first-order chi connectivity index (χ1) is 16.0. The lowest BCUT2D eigenvalue weighted by molar-refractivity contribution is -0.140. The molecule has 0 spiro atoms. The third-order valence-electron chi connectivity index (χ3n) is 5.84. The number of benzene rings is 2. The molecule has 2 aromatic carbocycles. The van der Waals surface area contributed by atoms with Gasteiger partial charge in [0.1, 0.15) is 12.6 Å². The van der Waals surface area contributed by atoms with Crippen molar-refractivity contribution in [1.82, 2.24) is 10.2 Å². The first kappa shape index (κ1) is 27.4. The summed E-state index contributed by atoms with van der Waals surface area (Å²) in [5.74, 6) is -0.657. The van der Waals surface area contributed by atoms with Crippen LogP contribution in [0.2, 0.25) is 0 Å². The van der Waals surface area contributed by atoms with Crippen molar-refractivity contribution in [2.24, 2.45) is 0 Å². The smallest absolute Gasteiger partial charge is 0.244 e. The van der Waals surface area contributed by atoms with Crippen LogP contribution in [-0.2, 0) is 26.2 Å². The van der Waals surface area contributed by atoms with E-state index in [1.807, 2.05) is 71.0 Å². The molecule has 34 heavy (non-hydrogen) atoms. The zero-order valence-electron chi connectivity index (χ0n) is 21.1. The first-order valence-corrected chi connectivity index (χ1v) is 13.5. The maximum Gasteiger partial charge on any atom is 0.244 e. The fourth-order valence-corrected chi connectivity index (χ4v) is 4.84. The van der Waals surface area contributed by atoms with Gasteiger partial charge in [-0.25, -0.2) is 8.42 Å². The molecule has 0 saturated heterocycles. The second-order valence-corrected chi connectivity index (χ2v) is 10.6. The summed E-state index contributed by atoms with van der Waals surface area (Å²) in [6.45, 7) is 9.87. The molecule has 0 unspecified atom stereocenters. The van der Waals surface area contributed by atoms with Gasteiger partial charge < -0.3 is 10.2 Å². The fraction of sp³-hybridized carbons (Fsp3) is 0.462. The van der Waals surface area contributed by atoms with Crippen LogP contribution < -0.4 is 9.62 Å². The van der Waals surface area contributed by atoms with Crippen molar-refractivity contribution in [3.8, 4) is 0 Å². The van der Waals surface area contributed by atoms with Gasteiger partial charge >= 0.3 is 0 Å². The third kappa shape index (κ3) is 7.06. The maximum absolute atomic E-state index is 13.7. The van der Waals surface area contributed by atoms with E-state index < -0.39 is 22.0 Å². The zero-order chi connectivity index (χ0) is 25.5. The van der Waals surface area contributed by atoms with Crippen LogP contribution >= 0.6 is 0 Å². The second kappa shape index (κ2) is 12.0. The van der Waals surface area contributed by atoms with Crippen molar-refractivity contribution >= 4 is 27.5 Å². The Morgan fingerprint density at radius 1 is 1.00 bits per heavy atom. The number of nitrogens with one attached hydrogen (secondary N) is 1. The quantitative estimate of drug-likeness (QED) is 0.523. The summed E-state index contributed by atoms with van der Waals surface area (Å²) in [7, 11) is -3.74. The van der Waals surface area contributed by atoms with Crippen LogP contribution in [0.25, 0.3) is 0 Å². The molecule has 0 aliphatic carbocycles. The minimum absolute atomic E-state index is 0.216. The van der Waals surface area contributed by atoms with E-state index in [-0.39, 0.29) is 19.0 Å². The van der Waals surface area contributed by atoms with E-state index in [0.717, 1.165) is 39.2 Å². The SMILES string of the molecule is CCCNC(=O)[C@H](CC)N(Cc1ccccc1C)C(=O)CN(c1ccc(C)cc1C)S(C)(=O)=O. The highest BCUT2D eigenvalue weighted by Crippen LogP contribution is 2.24. The standard InChI is InChI=1S/C26H37N3O4S/c1-7-15-27-26(31)23(8-2)28(17-22-12-10-9-11-20(22)4)25(30)18-29(34(6,32)33)24-14-13-19(3)16-21(24)5/h9-14,16,23H,7-8,15,17-18H2,1-6H3,(H,27,31)/t23-/m0/s1. The highest BCUT2D eigenvalue weighted by molar-refractivity contribution is 7.92. The van der Waals surface area contributed by atoms with E-state index in [1.165, 1.54) is 4.90 Å². The number of hydrogen-bond acceptors (Lipinski definition) is 4. The molecule has 0 fully saturated rings. The Morgan fingerprint density at radius 3 is 2.24 bits per heavy atom. The predicted octanol–water partition coefficient (Wildman–Crippen LogP) is 3.71. The summed E-state index contributed by atoms with van der Waals surface area (Å²) < 4.78 is 26.6. The molecule has 0 aliphatic heterocycles. The highest BCUT2D eigenvalue weighted by Gasteiger charge is 2.32. The van der Waals surface area contributed by atoms with Crippen molar-refractivity contribution in [1.29, 1.82) is 0 Å². The second-order valence-electron chi connectivity index (χ2n) is 8.72. The van der Waals surface area contributed by atoms with E-state index in [9.17, 15) is 18.0 Å². The summed E-state index contributed by atoms with van der Waals surface area (Å²) in [5.41, 5.74) is 4.13. The van der Waals surface area contributed by atoms with Gasteiger partial charge in [-0.05, 0) is 56.4 Å². The average Bonchev–Trinajstić information content (AvgIpc) is 2.76. The highest BCUT2D eigenvalue weighted by atomic mass is 32.2. The van der Waals surface area contributed by atoms with E-state index in [2.05, 4.69) is 5.32 Å². The summed E-state index contributed by atoms with van der Waals surface area (Å²) in [6.07, 6.45) is 2.29. The largest absolute Gasteiger partial charge is 0.354 e. The Labute approximate surface area is 204 Å². The van der Waals surface area contributed by atoms with Gasteiger partial charge in [0.2, 0.25) is 21.8 Å². The van der Waals surface area contributed by atoms with Crippen molar-refractivity contribution in [3.05, 3.63) is 64.7 Å². The van der Waals surface area contributed by atoms with Gasteiger partial charge in [0.05, 0.1) is 11.9 Å². The van der Waals surface area contributed by atoms with Crippen LogP contribution in [0.3, 0.4) is 0 Å². The van der Waals surface area contributed by atoms with Crippen LogP contribution in [0.15, 0.2) is 42.5 Å². The number of rotatable bonds is 11. The topological polar surface area (TPSA) is 86.8 Å². The Morgan fingerprint density at radius 2 is 1.68 bits per heavy atom. The molecule has 0 aliphatic rings. The lowest BCUT2D eigenvalue weighted by Crippen LogP contribution is -2.52. The van der Waals surface area contributed by atoms with E-state index >= 15 is 0 Å². The molecule has 0 aromatic heterocycles. The Balaban J connectivity index is 2.47. The molecule has 8 heteroatoms. The van der Waals surface area contributed by atoms with Gasteiger partial charge in [-0.1, -0.05) is 55.8 Å². The molecule has 1 N–H and O–H groups in total. The van der Waals surface area contributed by atoms with Crippen LogP contribution in [0.1, 0.15) is 48.9 Å². The number of carbonyl (C=O) groups excluding carboxylic acids is 2. The molecule has 0 heterocycles. The summed E-state index contributed by atoms with van der Waals surface area (Å²) in [5, 5.41) is 2.89. The number of aryl methyl sites for hydroxylation is 3. The average molecular weight is 488 g/mol. The molecule has 0 radical (unpaired) electrons. The molecule has 2 aromatic rings. The summed E-state index contributed by atoms with van der Waals surface area (Å²) >= 11 is 0. The van der Waals surface area contributed by atoms with Gasteiger partial charge in [-0.2, -0.15) is 0 Å². The number of anilines is 1. The minimum atomic E-state index is -3.74. The lowest BCUT2D eigenvalue weighted by Gasteiger charge is -2.33. The van der Waals surface area contributed by atoms with Crippen LogP contribution in [0.4, 0.5) is 5.69 Å². The summed E-state index contributed by atoms with van der Waals surface area (Å²) in [6, 6.07) is 12.4. The van der Waals surface area contributed by atoms with Gasteiger partial charge in [-0.3, -0.25) is 13.9 Å². The molecular formula is C26H37N3O4S. The number of sulfonamides is 1. The van der Waals surface area contributed by atoms with Crippen molar-refractivity contribution in [3.63, 3.8) is 0 Å². The van der Waals surface area contributed by atoms with Gasteiger partial charge in [0, 0.05) is 13.1 Å². The minimum Gasteiger partial charge on any atom is -0.354 e. The van der Waals surface area contributed by atoms with E-state index in [4.69, 9.17) is 0 Å². The number of amides is 2. The van der Waals surface area contributed by atoms with Crippen molar-refractivity contribution in [2.45, 2.75) is 60.0 Å². The van der Waals surface area contributed by atoms with Crippen molar-refractivity contribution in [2.75, 3.05) is 23.7 Å². The van der Waals surface area contributed by atoms with Crippen LogP contribution in [-0.4, -0.2) is 50.5 Å². The number of hydrogen-bond donors (Lipinski definition) is 1. The summed E-state index contributed by atoms with van der Waals surface area (Å²) in [4.78, 5) is 28.2. The van der Waals surface area contributed by atoms with Gasteiger partial charge in [0.15, 0.2) is 0 Å². The molecule has 186 valence electrons. The molecule has 7 nitrogen and oxygen atoms in total. The van der Waals surface area contributed by atoms with E-state index in [0.29, 0.717) is 18.7 Å². The molecule has 2 rings (SSSR count). The third-order valence-corrected chi connectivity index (χ3v) is 6.96. The zero-order valence-corrected chi connectivity index (χ0v) is 21.9. The van der Waals surface area contributed by atoms with E-state index in [1.54, 1.807) is 6.07 Å². The van der Waals surface area contributed by atoms with Crippen LogP contribution in [0, 0.1) is 20.8 Å². The van der Waals surface area contributed by atoms with Crippen LogP contribution in [0.5, 0.6) is 0 Å². The van der Waals surface area contributed by atoms with Gasteiger partial charge in [0.25, 0.3) is 0 Å². The first-order valence-electron chi connectivity index (χ1n) is 11.7. The Hall–Kier alpha value is -2.87. The maximum atomic E-state index is 13.7. The molecule has 0 saturated carbocycles. The molecule has 1 atom stereocenters. The molecular weight excluding hydrogens is 450 g/mol. The van der Waals surface area contributed by atoms with Crippen molar-refractivity contribution < 1.29 is 18.0 Å². The predicted molar refractivity (Wildman–Crippen MR) is 137 cm³/mol. The molecule has 0 bridgehead atoms. The number of carbonyl (C=O) groups is 2. The Bertz CT molecular complexity index is 1110. The fourth-order valence-electron chi connectivity index (χ4n) is 3.94. The normalized spacial score (nSPS) is 12.2. The monoisotopic (exact) mass is 487 g/mol. The number of nitrogens with zero attached hydrogens (tertiary/aromatic N) is 2.